The smallest absolute Gasteiger partial charge is 0.220 e. The Labute approximate surface area is 111 Å². The summed E-state index contributed by atoms with van der Waals surface area (Å²) >= 11 is 0. The van der Waals surface area contributed by atoms with Crippen molar-refractivity contribution < 1.29 is 9.53 Å². The van der Waals surface area contributed by atoms with Crippen molar-refractivity contribution in [2.24, 2.45) is 23.5 Å². The molecule has 1 amide bonds. The Balaban J connectivity index is 2.23. The summed E-state index contributed by atoms with van der Waals surface area (Å²) in [5.41, 5.74) is 5.71. The molecule has 1 aliphatic rings. The summed E-state index contributed by atoms with van der Waals surface area (Å²) in [6, 6.07) is 0. The number of rotatable bonds is 7. The summed E-state index contributed by atoms with van der Waals surface area (Å²) < 4.78 is 5.48. The molecule has 0 radical (unpaired) electrons. The van der Waals surface area contributed by atoms with Crippen LogP contribution in [0.2, 0.25) is 0 Å². The van der Waals surface area contributed by atoms with Crippen molar-refractivity contribution in [3.8, 4) is 0 Å². The van der Waals surface area contributed by atoms with Gasteiger partial charge in [-0.25, -0.2) is 0 Å². The van der Waals surface area contributed by atoms with Gasteiger partial charge in [0.25, 0.3) is 0 Å². The third-order valence-electron chi connectivity index (χ3n) is 3.71. The highest BCUT2D eigenvalue weighted by Crippen LogP contribution is 2.19. The minimum atomic E-state index is 0.130. The monoisotopic (exact) mass is 256 g/mol. The van der Waals surface area contributed by atoms with Gasteiger partial charge >= 0.3 is 0 Å². The van der Waals surface area contributed by atoms with Crippen molar-refractivity contribution in [1.82, 2.24) is 5.32 Å². The molecule has 3 N–H and O–H groups in total. The van der Waals surface area contributed by atoms with E-state index in [0.717, 1.165) is 26.0 Å². The fraction of sp³-hybridized carbons (Fsp3) is 0.929. The van der Waals surface area contributed by atoms with Gasteiger partial charge in [0.15, 0.2) is 0 Å². The van der Waals surface area contributed by atoms with Crippen molar-refractivity contribution >= 4 is 5.91 Å². The molecule has 1 aliphatic heterocycles. The molecule has 1 fully saturated rings. The van der Waals surface area contributed by atoms with Gasteiger partial charge in [-0.1, -0.05) is 13.8 Å². The van der Waals surface area contributed by atoms with Crippen molar-refractivity contribution in [2.45, 2.75) is 46.1 Å². The fourth-order valence-electron chi connectivity index (χ4n) is 2.55. The van der Waals surface area contributed by atoms with E-state index in [-0.39, 0.29) is 12.0 Å². The topological polar surface area (TPSA) is 64.4 Å². The van der Waals surface area contributed by atoms with Crippen LogP contribution in [-0.2, 0) is 9.53 Å². The van der Waals surface area contributed by atoms with Crippen LogP contribution >= 0.6 is 0 Å². The first kappa shape index (κ1) is 15.4. The maximum absolute atomic E-state index is 11.8. The minimum absolute atomic E-state index is 0.130. The predicted molar refractivity (Wildman–Crippen MR) is 73.1 cm³/mol. The van der Waals surface area contributed by atoms with Crippen LogP contribution in [0, 0.1) is 17.8 Å². The van der Waals surface area contributed by atoms with Gasteiger partial charge < -0.3 is 15.8 Å². The van der Waals surface area contributed by atoms with Gasteiger partial charge in [0.2, 0.25) is 5.91 Å². The Hall–Kier alpha value is -0.610. The molecule has 0 aromatic heterocycles. The highest BCUT2D eigenvalue weighted by molar-refractivity contribution is 5.76. The van der Waals surface area contributed by atoms with Gasteiger partial charge in [-0.2, -0.15) is 0 Å². The summed E-state index contributed by atoms with van der Waals surface area (Å²) in [4.78, 5) is 11.8. The van der Waals surface area contributed by atoms with E-state index in [2.05, 4.69) is 26.1 Å². The maximum atomic E-state index is 11.8. The second kappa shape index (κ2) is 7.74. The molecule has 1 saturated heterocycles. The molecule has 1 heterocycles. The van der Waals surface area contributed by atoms with E-state index in [0.29, 0.717) is 30.7 Å². The van der Waals surface area contributed by atoms with Crippen LogP contribution in [0.25, 0.3) is 0 Å². The van der Waals surface area contributed by atoms with E-state index >= 15 is 0 Å². The molecule has 0 aromatic rings. The van der Waals surface area contributed by atoms with Crippen LogP contribution in [0.4, 0.5) is 0 Å². The third-order valence-corrected chi connectivity index (χ3v) is 3.71. The van der Waals surface area contributed by atoms with Gasteiger partial charge in [0.05, 0.1) is 6.10 Å². The molecule has 18 heavy (non-hydrogen) atoms. The van der Waals surface area contributed by atoms with Gasteiger partial charge in [-0.05, 0) is 38.1 Å². The molecular formula is C14H28N2O2. The van der Waals surface area contributed by atoms with Crippen LogP contribution in [0.3, 0.4) is 0 Å². The standard InChI is InChI=1S/C14H28N2O2/c1-10(2)6-12(8-15)7-14(17)16-9-13-4-5-18-11(13)3/h10-13H,4-9,15H2,1-3H3,(H,16,17)/t11?,12-,13?/m0/s1. The fourth-order valence-corrected chi connectivity index (χ4v) is 2.55. The number of carbonyl (C=O) groups is 1. The largest absolute Gasteiger partial charge is 0.378 e. The Kier molecular flexibility index (Phi) is 6.65. The second-order valence-corrected chi connectivity index (χ2v) is 5.86. The van der Waals surface area contributed by atoms with Gasteiger partial charge in [0.1, 0.15) is 0 Å². The van der Waals surface area contributed by atoms with Crippen molar-refractivity contribution in [1.29, 1.82) is 0 Å². The molecule has 0 bridgehead atoms. The molecule has 4 heteroatoms. The van der Waals surface area contributed by atoms with Crippen molar-refractivity contribution in [2.75, 3.05) is 19.7 Å². The molecule has 0 saturated carbocycles. The zero-order valence-electron chi connectivity index (χ0n) is 11.9. The van der Waals surface area contributed by atoms with Crippen LogP contribution < -0.4 is 11.1 Å². The summed E-state index contributed by atoms with van der Waals surface area (Å²) in [7, 11) is 0. The van der Waals surface area contributed by atoms with E-state index in [4.69, 9.17) is 10.5 Å². The Bertz CT molecular complexity index is 256. The van der Waals surface area contributed by atoms with Gasteiger partial charge in [0, 0.05) is 25.5 Å². The van der Waals surface area contributed by atoms with Crippen LogP contribution in [0.15, 0.2) is 0 Å². The zero-order valence-corrected chi connectivity index (χ0v) is 11.9. The third kappa shape index (κ3) is 5.36. The normalized spacial score (nSPS) is 25.4. The molecule has 106 valence electrons. The molecule has 4 nitrogen and oxygen atoms in total. The Morgan fingerprint density at radius 3 is 2.72 bits per heavy atom. The van der Waals surface area contributed by atoms with Gasteiger partial charge in [-0.3, -0.25) is 4.79 Å². The number of amides is 1. The lowest BCUT2D eigenvalue weighted by Crippen LogP contribution is -2.34. The van der Waals surface area contributed by atoms with Crippen LogP contribution in [0.1, 0.15) is 40.0 Å². The van der Waals surface area contributed by atoms with E-state index in [1.54, 1.807) is 0 Å². The molecule has 0 aliphatic carbocycles. The minimum Gasteiger partial charge on any atom is -0.378 e. The first-order valence-corrected chi connectivity index (χ1v) is 7.11. The van der Waals surface area contributed by atoms with Crippen LogP contribution in [-0.4, -0.2) is 31.7 Å². The summed E-state index contributed by atoms with van der Waals surface area (Å²) in [5, 5.41) is 3.02. The summed E-state index contributed by atoms with van der Waals surface area (Å²) in [6.07, 6.45) is 2.89. The van der Waals surface area contributed by atoms with E-state index in [1.807, 2.05) is 0 Å². The number of ether oxygens (including phenoxy) is 1. The second-order valence-electron chi connectivity index (χ2n) is 5.86. The number of hydrogen-bond donors (Lipinski definition) is 2. The maximum Gasteiger partial charge on any atom is 0.220 e. The Morgan fingerprint density at radius 2 is 2.22 bits per heavy atom. The SMILES string of the molecule is CC(C)C[C@H](CN)CC(=O)NCC1CCOC1C. The van der Waals surface area contributed by atoms with E-state index in [1.165, 1.54) is 0 Å². The molecule has 0 aromatic carbocycles. The number of carbonyl (C=O) groups excluding carboxylic acids is 1. The Morgan fingerprint density at radius 1 is 1.50 bits per heavy atom. The van der Waals surface area contributed by atoms with E-state index < -0.39 is 0 Å². The number of nitrogens with one attached hydrogen (secondary N) is 1. The van der Waals surface area contributed by atoms with E-state index in [9.17, 15) is 4.79 Å². The molecule has 3 atom stereocenters. The quantitative estimate of drug-likeness (QED) is 0.726. The molecular weight excluding hydrogens is 228 g/mol. The van der Waals surface area contributed by atoms with Crippen LogP contribution in [0.5, 0.6) is 0 Å². The molecule has 2 unspecified atom stereocenters. The molecule has 1 rings (SSSR count). The lowest BCUT2D eigenvalue weighted by molar-refractivity contribution is -0.122. The first-order valence-electron chi connectivity index (χ1n) is 7.11. The first-order chi connectivity index (χ1) is 8.52. The highest BCUT2D eigenvalue weighted by Gasteiger charge is 2.24. The van der Waals surface area contributed by atoms with Crippen molar-refractivity contribution in [3.05, 3.63) is 0 Å². The average Bonchev–Trinajstić information content (AvgIpc) is 2.70. The predicted octanol–water partition coefficient (Wildman–Crippen LogP) is 1.54. The van der Waals surface area contributed by atoms with Crippen molar-refractivity contribution in [3.63, 3.8) is 0 Å². The average molecular weight is 256 g/mol. The lowest BCUT2D eigenvalue weighted by atomic mass is 9.94. The highest BCUT2D eigenvalue weighted by atomic mass is 16.5. The summed E-state index contributed by atoms with van der Waals surface area (Å²) in [5.74, 6) is 1.50. The lowest BCUT2D eigenvalue weighted by Gasteiger charge is -2.18. The zero-order chi connectivity index (χ0) is 13.5. The molecule has 0 spiro atoms. The number of nitrogens with two attached hydrogens (primary N) is 1. The number of hydrogen-bond acceptors (Lipinski definition) is 3. The summed E-state index contributed by atoms with van der Waals surface area (Å²) in [6.45, 7) is 8.55. The van der Waals surface area contributed by atoms with Gasteiger partial charge in [-0.15, -0.1) is 0 Å².